The van der Waals surface area contributed by atoms with Crippen molar-refractivity contribution in [3.05, 3.63) is 98.0 Å². The quantitative estimate of drug-likeness (QED) is 0.409. The standard InChI is InChI=1S/C33H35N3O4/c37-22-8-7-20-13-28-26-12-21-11-24(32(40)35-30-23-4-2-1-3-19(23)14-29(30)38)31(39)34-27(21)16-33(26,25(20)15-22)9-10-36(28)17-18-5-6-18/h1-4,7-8,11,15,18,26,28-30,37-38H,5-6,9-10,12-14,16-17H2,(H,34,39)(H,35,40)/t26-,28+,29+,30-,33+/m0/s1. The number of aliphatic hydroxyl groups excluding tert-OH is 1. The number of nitrogens with zero attached hydrogens (tertiary/aromatic N) is 1. The van der Waals surface area contributed by atoms with Gasteiger partial charge in [0.1, 0.15) is 11.3 Å². The lowest BCUT2D eigenvalue weighted by atomic mass is 9.52. The Bertz CT molecular complexity index is 1590. The second-order valence-electron chi connectivity index (χ2n) is 12.9. The largest absolute Gasteiger partial charge is 0.508 e. The third kappa shape index (κ3) is 3.71. The Morgan fingerprint density at radius 2 is 1.90 bits per heavy atom. The number of pyridine rings is 1. The van der Waals surface area contributed by atoms with Gasteiger partial charge in [0.25, 0.3) is 11.5 Å². The number of carbonyl (C=O) groups is 1. The highest BCUT2D eigenvalue weighted by Crippen LogP contribution is 2.55. The summed E-state index contributed by atoms with van der Waals surface area (Å²) in [5.74, 6) is 1.02. The van der Waals surface area contributed by atoms with Crippen LogP contribution < -0.4 is 10.9 Å². The second kappa shape index (κ2) is 8.79. The number of hydrogen-bond donors (Lipinski definition) is 4. The highest BCUT2D eigenvalue weighted by atomic mass is 16.3. The molecule has 2 aromatic carbocycles. The number of nitrogens with one attached hydrogen (secondary N) is 2. The SMILES string of the molecule is O=C(N[C@H]1c2ccccc2C[C@H]1O)c1cc2c([nH]c1=O)C[C@]13CCN(CC4CC4)[C@H](Cc4ccc(O)cc41)[C@@H]3C2. The molecule has 8 rings (SSSR count). The van der Waals surface area contributed by atoms with E-state index in [9.17, 15) is 19.8 Å². The van der Waals surface area contributed by atoms with E-state index in [1.807, 2.05) is 36.4 Å². The van der Waals surface area contributed by atoms with Crippen molar-refractivity contribution < 1.29 is 15.0 Å². The molecule has 0 radical (unpaired) electrons. The molecule has 2 bridgehead atoms. The van der Waals surface area contributed by atoms with Gasteiger partial charge in [-0.3, -0.25) is 14.5 Å². The summed E-state index contributed by atoms with van der Waals surface area (Å²) in [7, 11) is 0. The van der Waals surface area contributed by atoms with E-state index in [1.165, 1.54) is 24.0 Å². The fourth-order valence-electron chi connectivity index (χ4n) is 8.50. The molecule has 2 fully saturated rings. The number of carbonyl (C=O) groups excluding carboxylic acids is 1. The van der Waals surface area contributed by atoms with Crippen LogP contribution in [0.5, 0.6) is 5.75 Å². The van der Waals surface area contributed by atoms with Crippen LogP contribution in [0.25, 0.3) is 0 Å². The van der Waals surface area contributed by atoms with Gasteiger partial charge in [-0.25, -0.2) is 0 Å². The summed E-state index contributed by atoms with van der Waals surface area (Å²) in [6.07, 6.45) is 5.90. The van der Waals surface area contributed by atoms with Gasteiger partial charge in [-0.05, 0) is 103 Å². The number of amides is 1. The number of phenolic OH excluding ortho intramolecular Hbond substituents is 1. The van der Waals surface area contributed by atoms with Crippen LogP contribution in [0.3, 0.4) is 0 Å². The zero-order chi connectivity index (χ0) is 27.2. The summed E-state index contributed by atoms with van der Waals surface area (Å²) in [6.45, 7) is 2.19. The molecule has 40 heavy (non-hydrogen) atoms. The molecule has 4 N–H and O–H groups in total. The van der Waals surface area contributed by atoms with Crippen LogP contribution in [0.15, 0.2) is 53.3 Å². The highest BCUT2D eigenvalue weighted by Gasteiger charge is 2.55. The molecule has 0 spiro atoms. The van der Waals surface area contributed by atoms with Gasteiger partial charge in [-0.15, -0.1) is 0 Å². The lowest BCUT2D eigenvalue weighted by Crippen LogP contribution is -2.63. The highest BCUT2D eigenvalue weighted by molar-refractivity contribution is 5.94. The molecule has 1 aliphatic heterocycles. The van der Waals surface area contributed by atoms with Crippen molar-refractivity contribution in [3.63, 3.8) is 0 Å². The normalized spacial score (nSPS) is 30.1. The first-order chi connectivity index (χ1) is 19.4. The van der Waals surface area contributed by atoms with Crippen LogP contribution in [-0.2, 0) is 31.1 Å². The number of rotatable bonds is 4. The minimum atomic E-state index is -0.714. The Kier molecular flexibility index (Phi) is 5.36. The van der Waals surface area contributed by atoms with E-state index in [-0.39, 0.29) is 16.5 Å². The first kappa shape index (κ1) is 24.4. The summed E-state index contributed by atoms with van der Waals surface area (Å²) < 4.78 is 0. The minimum Gasteiger partial charge on any atom is -0.508 e. The maximum Gasteiger partial charge on any atom is 0.261 e. The fraction of sp³-hybridized carbons (Fsp3) is 0.455. The van der Waals surface area contributed by atoms with Gasteiger partial charge in [-0.2, -0.15) is 0 Å². The fourth-order valence-corrected chi connectivity index (χ4v) is 8.50. The number of aromatic hydroxyl groups is 1. The van der Waals surface area contributed by atoms with Gasteiger partial charge >= 0.3 is 0 Å². The number of H-pyrrole nitrogens is 1. The van der Waals surface area contributed by atoms with Crippen molar-refractivity contribution in [1.82, 2.24) is 15.2 Å². The summed E-state index contributed by atoms with van der Waals surface area (Å²) in [5.41, 5.74) is 6.03. The van der Waals surface area contributed by atoms with Gasteiger partial charge in [0.15, 0.2) is 0 Å². The van der Waals surface area contributed by atoms with Crippen LogP contribution in [0.2, 0.25) is 0 Å². The van der Waals surface area contributed by atoms with Gasteiger partial charge in [0.05, 0.1) is 12.1 Å². The summed E-state index contributed by atoms with van der Waals surface area (Å²) in [6, 6.07) is 15.3. The molecule has 7 nitrogen and oxygen atoms in total. The van der Waals surface area contributed by atoms with Gasteiger partial charge in [-0.1, -0.05) is 30.3 Å². The third-order valence-corrected chi connectivity index (χ3v) is 10.6. The molecule has 7 heteroatoms. The molecule has 4 aliphatic carbocycles. The third-order valence-electron chi connectivity index (χ3n) is 10.6. The molecule has 1 aromatic heterocycles. The lowest BCUT2D eigenvalue weighted by molar-refractivity contribution is 0.00458. The Hall–Kier alpha value is -3.42. The predicted molar refractivity (Wildman–Crippen MR) is 151 cm³/mol. The lowest BCUT2D eigenvalue weighted by Gasteiger charge is -2.59. The van der Waals surface area contributed by atoms with E-state index in [0.29, 0.717) is 30.6 Å². The van der Waals surface area contributed by atoms with E-state index < -0.39 is 18.1 Å². The molecule has 1 saturated carbocycles. The van der Waals surface area contributed by atoms with Gasteiger partial charge in [0.2, 0.25) is 0 Å². The van der Waals surface area contributed by atoms with Crippen molar-refractivity contribution in [1.29, 1.82) is 0 Å². The number of likely N-dealkylation sites (tertiary alicyclic amines) is 1. The number of aliphatic hydroxyl groups is 1. The molecule has 3 aromatic rings. The topological polar surface area (TPSA) is 106 Å². The minimum absolute atomic E-state index is 0.111. The van der Waals surface area contributed by atoms with Crippen LogP contribution in [-0.4, -0.2) is 51.2 Å². The number of piperidine rings is 1. The van der Waals surface area contributed by atoms with Crippen LogP contribution in [0.4, 0.5) is 0 Å². The summed E-state index contributed by atoms with van der Waals surface area (Å²) in [5, 5.41) is 24.1. The van der Waals surface area contributed by atoms with E-state index in [0.717, 1.165) is 60.7 Å². The summed E-state index contributed by atoms with van der Waals surface area (Å²) in [4.78, 5) is 32.6. The van der Waals surface area contributed by atoms with E-state index in [1.54, 1.807) is 6.07 Å². The van der Waals surface area contributed by atoms with Crippen molar-refractivity contribution in [2.24, 2.45) is 11.8 Å². The molecule has 1 saturated heterocycles. The van der Waals surface area contributed by atoms with Crippen molar-refractivity contribution in [3.8, 4) is 5.75 Å². The molecule has 2 heterocycles. The molecule has 206 valence electrons. The van der Waals surface area contributed by atoms with Gasteiger partial charge < -0.3 is 20.5 Å². The maximum absolute atomic E-state index is 13.4. The number of fused-ring (bicyclic) bond motifs is 3. The van der Waals surface area contributed by atoms with Crippen LogP contribution in [0.1, 0.15) is 69.2 Å². The number of benzene rings is 2. The first-order valence-corrected chi connectivity index (χ1v) is 14.8. The Balaban J connectivity index is 1.15. The zero-order valence-electron chi connectivity index (χ0n) is 22.5. The summed E-state index contributed by atoms with van der Waals surface area (Å²) >= 11 is 0. The van der Waals surface area contributed by atoms with E-state index in [2.05, 4.69) is 21.3 Å². The Morgan fingerprint density at radius 1 is 1.05 bits per heavy atom. The first-order valence-electron chi connectivity index (χ1n) is 14.8. The Labute approximate surface area is 233 Å². The average molecular weight is 538 g/mol. The second-order valence-corrected chi connectivity index (χ2v) is 12.9. The zero-order valence-corrected chi connectivity index (χ0v) is 22.5. The van der Waals surface area contributed by atoms with Crippen molar-refractivity contribution in [2.45, 2.75) is 68.5 Å². The number of aromatic nitrogens is 1. The monoisotopic (exact) mass is 537 g/mol. The number of phenols is 1. The number of aromatic amines is 1. The van der Waals surface area contributed by atoms with Gasteiger partial charge in [0, 0.05) is 30.1 Å². The average Bonchev–Trinajstić information content (AvgIpc) is 3.71. The molecule has 5 aliphatic rings. The predicted octanol–water partition coefficient (Wildman–Crippen LogP) is 3.16. The van der Waals surface area contributed by atoms with E-state index in [4.69, 9.17) is 0 Å². The van der Waals surface area contributed by atoms with E-state index >= 15 is 0 Å². The molecule has 5 atom stereocenters. The smallest absolute Gasteiger partial charge is 0.261 e. The molecule has 1 amide bonds. The van der Waals surface area contributed by atoms with Crippen LogP contribution >= 0.6 is 0 Å². The molecular formula is C33H35N3O4. The number of hydrogen-bond acceptors (Lipinski definition) is 5. The molecule has 0 unspecified atom stereocenters. The maximum atomic E-state index is 13.4. The van der Waals surface area contributed by atoms with Crippen molar-refractivity contribution >= 4 is 5.91 Å². The van der Waals surface area contributed by atoms with Crippen molar-refractivity contribution in [2.75, 3.05) is 13.1 Å². The Morgan fingerprint density at radius 3 is 2.75 bits per heavy atom. The van der Waals surface area contributed by atoms with Crippen LogP contribution in [0, 0.1) is 11.8 Å². The molecular weight excluding hydrogens is 502 g/mol.